The van der Waals surface area contributed by atoms with Gasteiger partial charge in [0.25, 0.3) is 0 Å². The van der Waals surface area contributed by atoms with Gasteiger partial charge in [0.1, 0.15) is 23.8 Å². The summed E-state index contributed by atoms with van der Waals surface area (Å²) in [5.74, 6) is 0.104. The van der Waals surface area contributed by atoms with Crippen LogP contribution in [-0.2, 0) is 6.54 Å². The number of aliphatic hydroxyl groups is 1. The van der Waals surface area contributed by atoms with Gasteiger partial charge in [-0.1, -0.05) is 6.07 Å². The van der Waals surface area contributed by atoms with E-state index in [0.717, 1.165) is 24.5 Å². The average molecular weight is 319 g/mol. The molecule has 2 N–H and O–H groups in total. The number of H-pyrrole nitrogens is 1. The van der Waals surface area contributed by atoms with Crippen molar-refractivity contribution in [2.24, 2.45) is 0 Å². The first-order valence-electron chi connectivity index (χ1n) is 7.79. The average Bonchev–Trinajstić information content (AvgIpc) is 3.04. The lowest BCUT2D eigenvalue weighted by Gasteiger charge is -2.23. The molecular formula is C17H22FN3O2. The highest BCUT2D eigenvalue weighted by Gasteiger charge is 2.37. The van der Waals surface area contributed by atoms with E-state index < -0.39 is 5.60 Å². The molecule has 0 radical (unpaired) electrons. The minimum absolute atomic E-state index is 0.163. The molecule has 6 heteroatoms. The molecule has 5 nitrogen and oxygen atoms in total. The first-order valence-corrected chi connectivity index (χ1v) is 7.79. The van der Waals surface area contributed by atoms with E-state index in [9.17, 15) is 9.50 Å². The number of nitrogens with one attached hydrogen (secondary N) is 1. The third-order valence-corrected chi connectivity index (χ3v) is 4.38. The van der Waals surface area contributed by atoms with Gasteiger partial charge in [-0.3, -0.25) is 10.00 Å². The fraction of sp³-hybridized carbons (Fsp3) is 0.471. The van der Waals surface area contributed by atoms with Crippen LogP contribution in [0.3, 0.4) is 0 Å². The van der Waals surface area contributed by atoms with Crippen molar-refractivity contribution in [3.05, 3.63) is 47.0 Å². The molecule has 3 rings (SSSR count). The monoisotopic (exact) mass is 319 g/mol. The number of rotatable bonds is 5. The van der Waals surface area contributed by atoms with Gasteiger partial charge in [0.15, 0.2) is 0 Å². The second kappa shape index (κ2) is 6.29. The summed E-state index contributed by atoms with van der Waals surface area (Å²) in [6.07, 6.45) is 0.637. The van der Waals surface area contributed by atoms with Crippen molar-refractivity contribution in [2.45, 2.75) is 32.4 Å². The van der Waals surface area contributed by atoms with Gasteiger partial charge in [0.2, 0.25) is 0 Å². The smallest absolute Gasteiger partial charge is 0.126 e. The predicted molar refractivity (Wildman–Crippen MR) is 84.8 cm³/mol. The Balaban J connectivity index is 1.57. The van der Waals surface area contributed by atoms with Gasteiger partial charge in [-0.05, 0) is 32.4 Å². The summed E-state index contributed by atoms with van der Waals surface area (Å²) in [5, 5.41) is 17.9. The number of aromatic amines is 1. The third-order valence-electron chi connectivity index (χ3n) is 4.38. The quantitative estimate of drug-likeness (QED) is 0.887. The number of hydrogen-bond donors (Lipinski definition) is 2. The zero-order valence-electron chi connectivity index (χ0n) is 13.5. The largest absolute Gasteiger partial charge is 0.490 e. The Kier molecular flexibility index (Phi) is 4.37. The van der Waals surface area contributed by atoms with Gasteiger partial charge in [-0.25, -0.2) is 4.39 Å². The number of halogens is 1. The Bertz CT molecular complexity index is 669. The molecule has 1 saturated heterocycles. The molecular weight excluding hydrogens is 297 g/mol. The number of β-amino-alcohol motifs (C(OH)–C–C–N with tert-alkyl or cyclic N) is 1. The summed E-state index contributed by atoms with van der Waals surface area (Å²) in [5.41, 5.74) is 2.33. The number of nitrogens with zero attached hydrogens (tertiary/aromatic N) is 2. The molecule has 0 aliphatic carbocycles. The van der Waals surface area contributed by atoms with E-state index in [4.69, 9.17) is 4.74 Å². The molecule has 0 bridgehead atoms. The molecule has 1 atom stereocenters. The number of hydrogen-bond acceptors (Lipinski definition) is 4. The minimum Gasteiger partial charge on any atom is -0.490 e. The van der Waals surface area contributed by atoms with Crippen molar-refractivity contribution in [3.8, 4) is 5.75 Å². The minimum atomic E-state index is -0.905. The summed E-state index contributed by atoms with van der Waals surface area (Å²) in [6.45, 7) is 6.24. The van der Waals surface area contributed by atoms with E-state index in [1.165, 1.54) is 17.7 Å². The molecule has 1 aromatic heterocycles. The molecule has 1 aromatic carbocycles. The van der Waals surface area contributed by atoms with Crippen LogP contribution in [0.5, 0.6) is 5.75 Å². The maximum absolute atomic E-state index is 13.2. The van der Waals surface area contributed by atoms with Gasteiger partial charge < -0.3 is 9.84 Å². The van der Waals surface area contributed by atoms with Gasteiger partial charge >= 0.3 is 0 Å². The summed E-state index contributed by atoms with van der Waals surface area (Å²) >= 11 is 0. The maximum atomic E-state index is 13.2. The lowest BCUT2D eigenvalue weighted by molar-refractivity contribution is 0.00326. The van der Waals surface area contributed by atoms with E-state index >= 15 is 0 Å². The third kappa shape index (κ3) is 3.71. The van der Waals surface area contributed by atoms with Crippen LogP contribution in [0.2, 0.25) is 0 Å². The van der Waals surface area contributed by atoms with E-state index in [2.05, 4.69) is 15.1 Å². The van der Waals surface area contributed by atoms with E-state index in [1.54, 1.807) is 12.1 Å². The van der Waals surface area contributed by atoms with E-state index in [0.29, 0.717) is 18.7 Å². The molecule has 0 amide bonds. The van der Waals surface area contributed by atoms with Crippen LogP contribution in [0, 0.1) is 19.7 Å². The Morgan fingerprint density at radius 3 is 2.96 bits per heavy atom. The molecule has 1 aliphatic heterocycles. The van der Waals surface area contributed by atoms with E-state index in [-0.39, 0.29) is 12.4 Å². The fourth-order valence-corrected chi connectivity index (χ4v) is 3.00. The summed E-state index contributed by atoms with van der Waals surface area (Å²) in [7, 11) is 0. The predicted octanol–water partition coefficient (Wildman–Crippen LogP) is 2.18. The Morgan fingerprint density at radius 1 is 1.43 bits per heavy atom. The summed E-state index contributed by atoms with van der Waals surface area (Å²) in [4.78, 5) is 2.19. The fourth-order valence-electron chi connectivity index (χ4n) is 3.00. The first-order chi connectivity index (χ1) is 11.0. The number of aromatic nitrogens is 2. The van der Waals surface area contributed by atoms with Crippen molar-refractivity contribution in [1.82, 2.24) is 15.1 Å². The summed E-state index contributed by atoms with van der Waals surface area (Å²) < 4.78 is 18.7. The van der Waals surface area contributed by atoms with Crippen molar-refractivity contribution in [3.63, 3.8) is 0 Å². The molecule has 124 valence electrons. The van der Waals surface area contributed by atoms with Crippen LogP contribution in [-0.4, -0.2) is 45.5 Å². The Hall–Kier alpha value is -1.92. The van der Waals surface area contributed by atoms with Gasteiger partial charge in [0.05, 0.1) is 5.69 Å². The Morgan fingerprint density at radius 2 is 2.26 bits per heavy atom. The molecule has 2 heterocycles. The van der Waals surface area contributed by atoms with E-state index in [1.807, 2.05) is 13.8 Å². The molecule has 1 fully saturated rings. The van der Waals surface area contributed by atoms with Gasteiger partial charge in [-0.2, -0.15) is 5.10 Å². The highest BCUT2D eigenvalue weighted by atomic mass is 19.1. The zero-order valence-corrected chi connectivity index (χ0v) is 13.5. The first kappa shape index (κ1) is 16.0. The van der Waals surface area contributed by atoms with Crippen molar-refractivity contribution >= 4 is 0 Å². The summed E-state index contributed by atoms with van der Waals surface area (Å²) in [6, 6.07) is 5.99. The van der Waals surface area contributed by atoms with Crippen LogP contribution in [0.4, 0.5) is 4.39 Å². The molecule has 0 spiro atoms. The lowest BCUT2D eigenvalue weighted by atomic mass is 10.1. The highest BCUT2D eigenvalue weighted by Crippen LogP contribution is 2.25. The highest BCUT2D eigenvalue weighted by molar-refractivity contribution is 5.24. The number of likely N-dealkylation sites (tertiary alicyclic amines) is 1. The topological polar surface area (TPSA) is 61.4 Å². The van der Waals surface area contributed by atoms with Gasteiger partial charge in [0, 0.05) is 37.0 Å². The number of aryl methyl sites for hydroxylation is 2. The zero-order chi connectivity index (χ0) is 16.4. The second-order valence-electron chi connectivity index (χ2n) is 6.34. The molecule has 0 unspecified atom stereocenters. The van der Waals surface area contributed by atoms with Crippen LogP contribution in [0.15, 0.2) is 24.3 Å². The van der Waals surface area contributed by atoms with Crippen LogP contribution >= 0.6 is 0 Å². The van der Waals surface area contributed by atoms with Crippen LogP contribution in [0.25, 0.3) is 0 Å². The second-order valence-corrected chi connectivity index (χ2v) is 6.34. The molecule has 0 saturated carbocycles. The standard InChI is InChI=1S/C17H22FN3O2/c1-12-16(13(2)20-19-12)9-21-7-6-17(22,10-21)11-23-15-5-3-4-14(18)8-15/h3-5,8,22H,6-7,9-11H2,1-2H3,(H,19,20)/t17-/m0/s1. The SMILES string of the molecule is Cc1n[nH]c(C)c1CN1CC[C@@](O)(COc2cccc(F)c2)C1. The van der Waals surface area contributed by atoms with Crippen LogP contribution in [0.1, 0.15) is 23.4 Å². The van der Waals surface area contributed by atoms with Crippen LogP contribution < -0.4 is 4.74 Å². The van der Waals surface area contributed by atoms with Crippen molar-refractivity contribution in [2.75, 3.05) is 19.7 Å². The van der Waals surface area contributed by atoms with Crippen molar-refractivity contribution in [1.29, 1.82) is 0 Å². The number of benzene rings is 1. The molecule has 2 aromatic rings. The molecule has 23 heavy (non-hydrogen) atoms. The Labute approximate surface area is 135 Å². The lowest BCUT2D eigenvalue weighted by Crippen LogP contribution is -2.39. The number of ether oxygens (including phenoxy) is 1. The van der Waals surface area contributed by atoms with Crippen molar-refractivity contribution < 1.29 is 14.2 Å². The normalized spacial score (nSPS) is 21.7. The van der Waals surface area contributed by atoms with Gasteiger partial charge in [-0.15, -0.1) is 0 Å². The maximum Gasteiger partial charge on any atom is 0.126 e. The molecule has 1 aliphatic rings.